The molecule has 4 aromatic rings. The fraction of sp³-hybridized carbons (Fsp3) is 0.190. The van der Waals surface area contributed by atoms with Gasteiger partial charge in [0.2, 0.25) is 0 Å². The van der Waals surface area contributed by atoms with Crippen LogP contribution in [-0.2, 0) is 0 Å². The van der Waals surface area contributed by atoms with Gasteiger partial charge in [-0.05, 0) is 18.2 Å². The van der Waals surface area contributed by atoms with Crippen LogP contribution >= 0.6 is 0 Å². The van der Waals surface area contributed by atoms with Gasteiger partial charge in [0.15, 0.2) is 11.6 Å². The van der Waals surface area contributed by atoms with Gasteiger partial charge in [0.05, 0.1) is 11.7 Å². The fourth-order valence-corrected chi connectivity index (χ4v) is 3.69. The van der Waals surface area contributed by atoms with Crippen molar-refractivity contribution in [3.63, 3.8) is 0 Å². The molecule has 1 aromatic carbocycles. The van der Waals surface area contributed by atoms with Crippen molar-refractivity contribution < 1.29 is 9.90 Å². The monoisotopic (exact) mass is 416 g/mol. The number of para-hydroxylation sites is 1. The van der Waals surface area contributed by atoms with Crippen molar-refractivity contribution in [3.05, 3.63) is 61.2 Å². The van der Waals surface area contributed by atoms with Gasteiger partial charge >= 0.3 is 6.09 Å². The SMILES string of the molecule is O=C(O)N1CCN(c2ccnc(-n3nc(Nc4cnccn4)c4ccccc43)c2)CC1. The highest BCUT2D eigenvalue weighted by Crippen LogP contribution is 2.28. The molecular formula is C21H20N8O2. The molecule has 1 aliphatic rings. The highest BCUT2D eigenvalue weighted by molar-refractivity contribution is 5.92. The molecule has 0 atom stereocenters. The van der Waals surface area contributed by atoms with E-state index in [1.54, 1.807) is 29.5 Å². The Morgan fingerprint density at radius 2 is 1.84 bits per heavy atom. The Balaban J connectivity index is 1.47. The highest BCUT2D eigenvalue weighted by Gasteiger charge is 2.21. The first kappa shape index (κ1) is 18.8. The Labute approximate surface area is 177 Å². The minimum absolute atomic E-state index is 0.476. The molecule has 0 unspecified atom stereocenters. The summed E-state index contributed by atoms with van der Waals surface area (Å²) >= 11 is 0. The topological polar surface area (TPSA) is 112 Å². The lowest BCUT2D eigenvalue weighted by molar-refractivity contribution is 0.142. The number of nitrogens with zero attached hydrogens (tertiary/aromatic N) is 7. The first-order valence-electron chi connectivity index (χ1n) is 9.89. The van der Waals surface area contributed by atoms with Gasteiger partial charge in [0.25, 0.3) is 0 Å². The Hall–Kier alpha value is -4.21. The lowest BCUT2D eigenvalue weighted by Gasteiger charge is -2.34. The van der Waals surface area contributed by atoms with Gasteiger partial charge in [-0.25, -0.2) is 19.4 Å². The molecule has 10 heteroatoms. The Kier molecular flexibility index (Phi) is 4.79. The van der Waals surface area contributed by atoms with E-state index in [1.807, 2.05) is 36.4 Å². The molecule has 31 heavy (non-hydrogen) atoms. The first-order chi connectivity index (χ1) is 15.2. The van der Waals surface area contributed by atoms with Crippen molar-refractivity contribution in [2.24, 2.45) is 0 Å². The minimum Gasteiger partial charge on any atom is -0.465 e. The van der Waals surface area contributed by atoms with E-state index < -0.39 is 6.09 Å². The normalized spacial score (nSPS) is 14.1. The average molecular weight is 416 g/mol. The predicted octanol–water partition coefficient (Wildman–Crippen LogP) is 2.75. The lowest BCUT2D eigenvalue weighted by Crippen LogP contribution is -2.48. The summed E-state index contributed by atoms with van der Waals surface area (Å²) in [6.07, 6.45) is 5.76. The molecule has 1 amide bonds. The summed E-state index contributed by atoms with van der Waals surface area (Å²) in [6.45, 7) is 2.22. The second kappa shape index (κ2) is 7.90. The molecule has 0 aliphatic carbocycles. The smallest absolute Gasteiger partial charge is 0.407 e. The third-order valence-corrected chi connectivity index (χ3v) is 5.26. The fourth-order valence-electron chi connectivity index (χ4n) is 3.69. The molecule has 0 saturated carbocycles. The molecule has 2 N–H and O–H groups in total. The molecule has 1 saturated heterocycles. The lowest BCUT2D eigenvalue weighted by atomic mass is 10.2. The van der Waals surface area contributed by atoms with Gasteiger partial charge in [-0.15, -0.1) is 5.10 Å². The van der Waals surface area contributed by atoms with E-state index in [0.29, 0.717) is 43.6 Å². The zero-order valence-corrected chi connectivity index (χ0v) is 16.6. The van der Waals surface area contributed by atoms with E-state index in [4.69, 9.17) is 10.2 Å². The van der Waals surface area contributed by atoms with Gasteiger partial charge in [-0.2, -0.15) is 0 Å². The van der Waals surface area contributed by atoms with E-state index in [9.17, 15) is 4.79 Å². The zero-order chi connectivity index (χ0) is 21.2. The van der Waals surface area contributed by atoms with Crippen LogP contribution in [0.15, 0.2) is 61.2 Å². The average Bonchev–Trinajstić information content (AvgIpc) is 3.18. The molecule has 1 fully saturated rings. The quantitative estimate of drug-likeness (QED) is 0.522. The van der Waals surface area contributed by atoms with E-state index in [1.165, 1.54) is 4.90 Å². The molecule has 3 aromatic heterocycles. The number of benzene rings is 1. The first-order valence-corrected chi connectivity index (χ1v) is 9.89. The third-order valence-electron chi connectivity index (χ3n) is 5.26. The van der Waals surface area contributed by atoms with Crippen LogP contribution < -0.4 is 10.2 Å². The van der Waals surface area contributed by atoms with Crippen LogP contribution in [0.4, 0.5) is 22.1 Å². The molecule has 4 heterocycles. The van der Waals surface area contributed by atoms with Crippen LogP contribution in [0.25, 0.3) is 16.7 Å². The van der Waals surface area contributed by atoms with Crippen molar-refractivity contribution in [1.82, 2.24) is 29.6 Å². The number of fused-ring (bicyclic) bond motifs is 1. The van der Waals surface area contributed by atoms with Crippen LogP contribution in [0.5, 0.6) is 0 Å². The summed E-state index contributed by atoms with van der Waals surface area (Å²) in [5.74, 6) is 1.95. The number of anilines is 3. The van der Waals surface area contributed by atoms with E-state index in [-0.39, 0.29) is 0 Å². The maximum atomic E-state index is 11.2. The number of carbonyl (C=O) groups is 1. The van der Waals surface area contributed by atoms with Gasteiger partial charge in [-0.3, -0.25) is 4.98 Å². The molecule has 5 rings (SSSR count). The maximum absolute atomic E-state index is 11.2. The van der Waals surface area contributed by atoms with Crippen LogP contribution in [0, 0.1) is 0 Å². The Morgan fingerprint density at radius 3 is 2.61 bits per heavy atom. The van der Waals surface area contributed by atoms with Crippen molar-refractivity contribution in [1.29, 1.82) is 0 Å². The Morgan fingerprint density at radius 1 is 1.00 bits per heavy atom. The van der Waals surface area contributed by atoms with E-state index >= 15 is 0 Å². The summed E-state index contributed by atoms with van der Waals surface area (Å²) in [4.78, 5) is 27.6. The van der Waals surface area contributed by atoms with Crippen molar-refractivity contribution in [3.8, 4) is 5.82 Å². The Bertz CT molecular complexity index is 1220. The van der Waals surface area contributed by atoms with Crippen molar-refractivity contribution >= 4 is 34.3 Å². The van der Waals surface area contributed by atoms with Crippen molar-refractivity contribution in [2.75, 3.05) is 36.4 Å². The third kappa shape index (κ3) is 3.70. The number of rotatable bonds is 4. The minimum atomic E-state index is -0.874. The number of nitrogens with one attached hydrogen (secondary N) is 1. The summed E-state index contributed by atoms with van der Waals surface area (Å²) in [5.41, 5.74) is 1.90. The number of aromatic nitrogens is 5. The number of pyridine rings is 1. The van der Waals surface area contributed by atoms with Gasteiger partial charge in [0.1, 0.15) is 5.82 Å². The standard InChI is InChI=1S/C21H20N8O2/c30-21(31)28-11-9-27(10-12-28)15-5-6-24-19(13-15)29-17-4-2-1-3-16(17)20(26-29)25-18-14-22-7-8-23-18/h1-8,13-14H,9-12H2,(H,30,31)(H,23,25,26). The number of piperazine rings is 1. The molecule has 0 spiro atoms. The molecule has 10 nitrogen and oxygen atoms in total. The highest BCUT2D eigenvalue weighted by atomic mass is 16.4. The summed E-state index contributed by atoms with van der Waals surface area (Å²) in [6, 6.07) is 11.8. The number of amides is 1. The molecular weight excluding hydrogens is 396 g/mol. The van der Waals surface area contributed by atoms with E-state index in [2.05, 4.69) is 25.2 Å². The second-order valence-electron chi connectivity index (χ2n) is 7.12. The van der Waals surface area contributed by atoms with Gasteiger partial charge in [0, 0.05) is 61.9 Å². The molecule has 1 aliphatic heterocycles. The largest absolute Gasteiger partial charge is 0.465 e. The summed E-state index contributed by atoms with van der Waals surface area (Å²) < 4.78 is 1.80. The maximum Gasteiger partial charge on any atom is 0.407 e. The number of carboxylic acid groups (broad SMARTS) is 1. The molecule has 0 radical (unpaired) electrons. The van der Waals surface area contributed by atoms with Crippen LogP contribution in [0.3, 0.4) is 0 Å². The molecule has 0 bridgehead atoms. The van der Waals surface area contributed by atoms with Gasteiger partial charge < -0.3 is 20.2 Å². The molecule has 156 valence electrons. The van der Waals surface area contributed by atoms with Crippen LogP contribution in [-0.4, -0.2) is 67.0 Å². The van der Waals surface area contributed by atoms with E-state index in [0.717, 1.165) is 16.6 Å². The summed E-state index contributed by atoms with van der Waals surface area (Å²) in [5, 5.41) is 18.1. The number of hydrogen-bond acceptors (Lipinski definition) is 7. The second-order valence-corrected chi connectivity index (χ2v) is 7.12. The summed E-state index contributed by atoms with van der Waals surface area (Å²) in [7, 11) is 0. The number of hydrogen-bond donors (Lipinski definition) is 2. The van der Waals surface area contributed by atoms with Crippen molar-refractivity contribution in [2.45, 2.75) is 0 Å². The predicted molar refractivity (Wildman–Crippen MR) is 116 cm³/mol. The van der Waals surface area contributed by atoms with Gasteiger partial charge in [-0.1, -0.05) is 12.1 Å². The van der Waals surface area contributed by atoms with Crippen LogP contribution in [0.1, 0.15) is 0 Å². The zero-order valence-electron chi connectivity index (χ0n) is 16.6. The van der Waals surface area contributed by atoms with Crippen LogP contribution in [0.2, 0.25) is 0 Å².